The van der Waals surface area contributed by atoms with Gasteiger partial charge in [-0.15, -0.1) is 0 Å². The van der Waals surface area contributed by atoms with E-state index in [1.54, 1.807) is 23.9 Å². The van der Waals surface area contributed by atoms with E-state index in [-0.39, 0.29) is 30.4 Å². The molecule has 2 aliphatic rings. The van der Waals surface area contributed by atoms with Gasteiger partial charge in [0.1, 0.15) is 6.04 Å². The van der Waals surface area contributed by atoms with Crippen LogP contribution in [0.1, 0.15) is 24.2 Å². The first kappa shape index (κ1) is 19.2. The number of rotatable bonds is 5. The maximum atomic E-state index is 12.4. The van der Waals surface area contributed by atoms with Crippen molar-refractivity contribution in [1.29, 1.82) is 0 Å². The Morgan fingerprint density at radius 3 is 2.78 bits per heavy atom. The number of carbonyl (C=O) groups is 3. The average molecular weight is 376 g/mol. The van der Waals surface area contributed by atoms with Crippen LogP contribution in [0.3, 0.4) is 0 Å². The lowest BCUT2D eigenvalue weighted by molar-refractivity contribution is -0.152. The molecule has 148 valence electrons. The highest BCUT2D eigenvalue weighted by Gasteiger charge is 2.45. The minimum Gasteiger partial charge on any atom is -0.335 e. The lowest BCUT2D eigenvalue weighted by Gasteiger charge is -2.33. The van der Waals surface area contributed by atoms with Gasteiger partial charge in [0.2, 0.25) is 11.8 Å². The quantitative estimate of drug-likeness (QED) is 0.782. The van der Waals surface area contributed by atoms with Gasteiger partial charge in [-0.3, -0.25) is 14.3 Å². The van der Waals surface area contributed by atoms with E-state index in [0.29, 0.717) is 19.5 Å². The summed E-state index contributed by atoms with van der Waals surface area (Å²) in [6.45, 7) is 5.85. The van der Waals surface area contributed by atoms with Crippen LogP contribution in [-0.2, 0) is 16.1 Å². The first-order valence-electron chi connectivity index (χ1n) is 9.33. The molecular weight excluding hydrogens is 348 g/mol. The number of nitrogens with zero attached hydrogens (tertiary/aromatic N) is 5. The monoisotopic (exact) mass is 376 g/mol. The number of carbonyl (C=O) groups excluding carboxylic acids is 3. The van der Waals surface area contributed by atoms with Crippen LogP contribution in [0.4, 0.5) is 4.79 Å². The average Bonchev–Trinajstić information content (AvgIpc) is 3.16. The van der Waals surface area contributed by atoms with E-state index < -0.39 is 6.04 Å². The molecule has 2 aliphatic heterocycles. The SMILES string of the molecule is Cc1cc(C)n(CCCN(C)C(=O)N[C@@H]2C[C@H]3C(=O)N(C)CC(=O)N3C2)n1. The van der Waals surface area contributed by atoms with Gasteiger partial charge in [-0.1, -0.05) is 0 Å². The third-order valence-electron chi connectivity index (χ3n) is 5.30. The molecule has 1 aromatic heterocycles. The molecule has 2 saturated heterocycles. The fourth-order valence-corrected chi connectivity index (χ4v) is 3.82. The van der Waals surface area contributed by atoms with E-state index in [0.717, 1.165) is 24.4 Å². The van der Waals surface area contributed by atoms with Crippen LogP contribution in [0.5, 0.6) is 0 Å². The standard InChI is InChI=1S/C18H28N6O3/c1-12-8-13(2)24(20-12)7-5-6-21(3)18(27)19-14-9-15-17(26)22(4)11-16(25)23(15)10-14/h8,14-15H,5-7,9-11H2,1-4H3,(H,19,27)/t14-,15+/m1/s1. The molecule has 0 unspecified atom stereocenters. The molecule has 0 bridgehead atoms. The minimum atomic E-state index is -0.446. The van der Waals surface area contributed by atoms with Crippen LogP contribution < -0.4 is 5.32 Å². The molecule has 2 fully saturated rings. The second-order valence-corrected chi connectivity index (χ2v) is 7.56. The molecule has 4 amide bonds. The van der Waals surface area contributed by atoms with Crippen molar-refractivity contribution in [2.45, 2.75) is 45.3 Å². The van der Waals surface area contributed by atoms with Gasteiger partial charge in [-0.2, -0.15) is 5.10 Å². The molecule has 1 N–H and O–H groups in total. The summed E-state index contributed by atoms with van der Waals surface area (Å²) in [4.78, 5) is 41.5. The van der Waals surface area contributed by atoms with E-state index in [9.17, 15) is 14.4 Å². The Kier molecular flexibility index (Phi) is 5.38. The summed E-state index contributed by atoms with van der Waals surface area (Å²) in [5.74, 6) is -0.110. The van der Waals surface area contributed by atoms with Crippen LogP contribution in [-0.4, -0.2) is 88.1 Å². The van der Waals surface area contributed by atoms with Crippen molar-refractivity contribution in [3.63, 3.8) is 0 Å². The lowest BCUT2D eigenvalue weighted by Crippen LogP contribution is -2.55. The molecule has 3 heterocycles. The topological polar surface area (TPSA) is 90.8 Å². The first-order chi connectivity index (χ1) is 12.8. The summed E-state index contributed by atoms with van der Waals surface area (Å²) in [6.07, 6.45) is 1.27. The first-order valence-corrected chi connectivity index (χ1v) is 9.33. The van der Waals surface area contributed by atoms with Crippen LogP contribution in [0.2, 0.25) is 0 Å². The van der Waals surface area contributed by atoms with Gasteiger partial charge in [0.25, 0.3) is 0 Å². The van der Waals surface area contributed by atoms with Crippen LogP contribution in [0, 0.1) is 13.8 Å². The number of likely N-dealkylation sites (N-methyl/N-ethyl adjacent to an activating group) is 1. The second-order valence-electron chi connectivity index (χ2n) is 7.56. The molecular formula is C18H28N6O3. The van der Waals surface area contributed by atoms with Crippen molar-refractivity contribution < 1.29 is 14.4 Å². The maximum Gasteiger partial charge on any atom is 0.317 e. The van der Waals surface area contributed by atoms with Gasteiger partial charge < -0.3 is 20.0 Å². The lowest BCUT2D eigenvalue weighted by atomic mass is 10.1. The molecule has 9 nitrogen and oxygen atoms in total. The Hall–Kier alpha value is -2.58. The number of nitrogens with one attached hydrogen (secondary N) is 1. The summed E-state index contributed by atoms with van der Waals surface area (Å²) in [5, 5.41) is 7.38. The van der Waals surface area contributed by atoms with Crippen molar-refractivity contribution in [2.24, 2.45) is 0 Å². The zero-order chi connectivity index (χ0) is 19.7. The van der Waals surface area contributed by atoms with Gasteiger partial charge in [0.15, 0.2) is 0 Å². The molecule has 1 aromatic rings. The van der Waals surface area contributed by atoms with Gasteiger partial charge in [0, 0.05) is 39.4 Å². The number of urea groups is 1. The molecule has 0 aliphatic carbocycles. The summed E-state index contributed by atoms with van der Waals surface area (Å²) in [7, 11) is 3.39. The van der Waals surface area contributed by atoms with Crippen LogP contribution >= 0.6 is 0 Å². The molecule has 3 rings (SSSR count). The zero-order valence-electron chi connectivity index (χ0n) is 16.4. The summed E-state index contributed by atoms with van der Waals surface area (Å²) in [5.41, 5.74) is 2.10. The predicted octanol–water partition coefficient (Wildman–Crippen LogP) is -0.0271. The van der Waals surface area contributed by atoms with Gasteiger partial charge in [0.05, 0.1) is 18.3 Å². The fourth-order valence-electron chi connectivity index (χ4n) is 3.82. The van der Waals surface area contributed by atoms with Gasteiger partial charge in [-0.25, -0.2) is 4.79 Å². The Morgan fingerprint density at radius 2 is 2.11 bits per heavy atom. The zero-order valence-corrected chi connectivity index (χ0v) is 16.4. The number of piperazine rings is 1. The van der Waals surface area contributed by atoms with Crippen molar-refractivity contribution in [2.75, 3.05) is 33.7 Å². The van der Waals surface area contributed by atoms with Gasteiger partial charge >= 0.3 is 6.03 Å². The third-order valence-corrected chi connectivity index (χ3v) is 5.30. The molecule has 9 heteroatoms. The highest BCUT2D eigenvalue weighted by Crippen LogP contribution is 2.23. The Bertz CT molecular complexity index is 745. The normalized spacial score (nSPS) is 22.2. The van der Waals surface area contributed by atoms with Crippen LogP contribution in [0.15, 0.2) is 6.07 Å². The number of amides is 4. The molecule has 0 spiro atoms. The maximum absolute atomic E-state index is 12.4. The summed E-state index contributed by atoms with van der Waals surface area (Å²) < 4.78 is 1.95. The Morgan fingerprint density at radius 1 is 1.37 bits per heavy atom. The largest absolute Gasteiger partial charge is 0.335 e. The Labute approximate surface area is 159 Å². The summed E-state index contributed by atoms with van der Waals surface area (Å²) >= 11 is 0. The van der Waals surface area contributed by atoms with E-state index in [1.807, 2.05) is 24.6 Å². The predicted molar refractivity (Wildman–Crippen MR) is 99.0 cm³/mol. The van der Waals surface area contributed by atoms with Crippen molar-refractivity contribution >= 4 is 17.8 Å². The van der Waals surface area contributed by atoms with E-state index in [4.69, 9.17) is 0 Å². The van der Waals surface area contributed by atoms with Crippen molar-refractivity contribution in [1.82, 2.24) is 29.8 Å². The smallest absolute Gasteiger partial charge is 0.317 e. The van der Waals surface area contributed by atoms with Gasteiger partial charge in [-0.05, 0) is 32.8 Å². The Balaban J connectivity index is 1.46. The van der Waals surface area contributed by atoms with Crippen molar-refractivity contribution in [3.8, 4) is 0 Å². The molecule has 2 atom stereocenters. The van der Waals surface area contributed by atoms with Crippen LogP contribution in [0.25, 0.3) is 0 Å². The molecule has 0 radical (unpaired) electrons. The number of aryl methyl sites for hydroxylation is 3. The molecule has 0 saturated carbocycles. The minimum absolute atomic E-state index is 0.0513. The van der Waals surface area contributed by atoms with E-state index in [2.05, 4.69) is 10.4 Å². The van der Waals surface area contributed by atoms with Crippen molar-refractivity contribution in [3.05, 3.63) is 17.5 Å². The highest BCUT2D eigenvalue weighted by atomic mass is 16.2. The second kappa shape index (κ2) is 7.58. The number of aromatic nitrogens is 2. The number of fused-ring (bicyclic) bond motifs is 1. The highest BCUT2D eigenvalue weighted by molar-refractivity contribution is 5.95. The number of hydrogen-bond donors (Lipinski definition) is 1. The third kappa shape index (κ3) is 4.06. The molecule has 27 heavy (non-hydrogen) atoms. The summed E-state index contributed by atoms with van der Waals surface area (Å²) in [6, 6.07) is 1.21. The molecule has 0 aromatic carbocycles. The van der Waals surface area contributed by atoms with E-state index >= 15 is 0 Å². The fraction of sp³-hybridized carbons (Fsp3) is 0.667. The number of hydrogen-bond acceptors (Lipinski definition) is 4. The van der Waals surface area contributed by atoms with E-state index in [1.165, 1.54) is 4.90 Å².